The number of anilines is 1. The third-order valence-electron chi connectivity index (χ3n) is 3.84. The van der Waals surface area contributed by atoms with Crippen molar-refractivity contribution in [2.75, 3.05) is 5.32 Å². The number of hydrogen-bond acceptors (Lipinski definition) is 5. The zero-order chi connectivity index (χ0) is 20.8. The van der Waals surface area contributed by atoms with Gasteiger partial charge in [0.05, 0.1) is 9.72 Å². The van der Waals surface area contributed by atoms with E-state index in [0.29, 0.717) is 21.2 Å². The Bertz CT molecular complexity index is 1240. The van der Waals surface area contributed by atoms with Crippen molar-refractivity contribution in [3.63, 3.8) is 0 Å². The second kappa shape index (κ2) is 7.29. The maximum absolute atomic E-state index is 13.2. The summed E-state index contributed by atoms with van der Waals surface area (Å²) in [5, 5.41) is 7.13. The number of alkyl halides is 3. The molecule has 0 radical (unpaired) electrons. The molecule has 4 aromatic rings. The van der Waals surface area contributed by atoms with Crippen LogP contribution in [0.15, 0.2) is 42.6 Å². The standard InChI is InChI=1S/C17H8Cl2F3N5OS/c18-8-3-4-9-12(6-8)29-26-14(9)24-16(28)11-7-13(17(20,21)22)25-27(11)15-10(19)2-1-5-23-15/h1-7H,(H,24,26,28). The van der Waals surface area contributed by atoms with Gasteiger partial charge < -0.3 is 5.32 Å². The van der Waals surface area contributed by atoms with Crippen molar-refractivity contribution in [2.24, 2.45) is 0 Å². The summed E-state index contributed by atoms with van der Waals surface area (Å²) in [6.45, 7) is 0. The summed E-state index contributed by atoms with van der Waals surface area (Å²) in [4.78, 5) is 16.7. The first-order valence-electron chi connectivity index (χ1n) is 7.88. The van der Waals surface area contributed by atoms with Gasteiger partial charge in [-0.15, -0.1) is 0 Å². The average molecular weight is 458 g/mol. The summed E-state index contributed by atoms with van der Waals surface area (Å²) >= 11 is 13.1. The van der Waals surface area contributed by atoms with E-state index in [2.05, 4.69) is 19.8 Å². The summed E-state index contributed by atoms with van der Waals surface area (Å²) in [6.07, 6.45) is -3.43. The number of amides is 1. The van der Waals surface area contributed by atoms with Crippen LogP contribution in [0.1, 0.15) is 16.2 Å². The largest absolute Gasteiger partial charge is 0.435 e. The first-order chi connectivity index (χ1) is 13.7. The number of nitrogens with one attached hydrogen (secondary N) is 1. The predicted molar refractivity (Wildman–Crippen MR) is 104 cm³/mol. The fraction of sp³-hybridized carbons (Fsp3) is 0.0588. The Kier molecular flexibility index (Phi) is 4.93. The van der Waals surface area contributed by atoms with Crippen molar-refractivity contribution in [1.29, 1.82) is 0 Å². The predicted octanol–water partition coefficient (Wildman–Crippen LogP) is 5.45. The highest BCUT2D eigenvalue weighted by Gasteiger charge is 2.36. The molecule has 0 aliphatic heterocycles. The van der Waals surface area contributed by atoms with Gasteiger partial charge in [0.2, 0.25) is 0 Å². The summed E-state index contributed by atoms with van der Waals surface area (Å²) in [6, 6.07) is 8.51. The summed E-state index contributed by atoms with van der Waals surface area (Å²) in [5.41, 5.74) is -1.65. The van der Waals surface area contributed by atoms with E-state index < -0.39 is 23.5 Å². The molecule has 29 heavy (non-hydrogen) atoms. The lowest BCUT2D eigenvalue weighted by atomic mass is 10.2. The Hall–Kier alpha value is -2.69. The lowest BCUT2D eigenvalue weighted by molar-refractivity contribution is -0.141. The number of benzene rings is 1. The molecular formula is C17H8Cl2F3N5OS. The van der Waals surface area contributed by atoms with E-state index in [1.165, 1.54) is 18.3 Å². The molecule has 0 spiro atoms. The van der Waals surface area contributed by atoms with Gasteiger partial charge in [-0.2, -0.15) is 22.6 Å². The second-order valence-electron chi connectivity index (χ2n) is 5.76. The Morgan fingerprint density at radius 1 is 1.17 bits per heavy atom. The molecule has 1 N–H and O–H groups in total. The van der Waals surface area contributed by atoms with E-state index in [-0.39, 0.29) is 16.7 Å². The Morgan fingerprint density at radius 3 is 2.69 bits per heavy atom. The number of hydrogen-bond donors (Lipinski definition) is 1. The van der Waals surface area contributed by atoms with Gasteiger partial charge in [0, 0.05) is 22.7 Å². The minimum atomic E-state index is -4.76. The van der Waals surface area contributed by atoms with Crippen LogP contribution in [-0.4, -0.2) is 25.0 Å². The topological polar surface area (TPSA) is 72.7 Å². The zero-order valence-electron chi connectivity index (χ0n) is 14.0. The Labute approximate surface area is 175 Å². The van der Waals surface area contributed by atoms with Crippen LogP contribution in [0.2, 0.25) is 10.0 Å². The van der Waals surface area contributed by atoms with E-state index in [4.69, 9.17) is 23.2 Å². The van der Waals surface area contributed by atoms with E-state index in [0.717, 1.165) is 16.2 Å². The van der Waals surface area contributed by atoms with Crippen molar-refractivity contribution in [1.82, 2.24) is 19.1 Å². The highest BCUT2D eigenvalue weighted by molar-refractivity contribution is 7.13. The highest BCUT2D eigenvalue weighted by Crippen LogP contribution is 2.32. The van der Waals surface area contributed by atoms with Gasteiger partial charge >= 0.3 is 6.18 Å². The summed E-state index contributed by atoms with van der Waals surface area (Å²) in [7, 11) is 0. The van der Waals surface area contributed by atoms with Crippen molar-refractivity contribution >= 4 is 56.5 Å². The van der Waals surface area contributed by atoms with Crippen LogP contribution in [0.4, 0.5) is 19.0 Å². The van der Waals surface area contributed by atoms with E-state index in [9.17, 15) is 18.0 Å². The third kappa shape index (κ3) is 3.78. The highest BCUT2D eigenvalue weighted by atomic mass is 35.5. The van der Waals surface area contributed by atoms with Crippen LogP contribution in [0.5, 0.6) is 0 Å². The number of halogens is 5. The monoisotopic (exact) mass is 457 g/mol. The molecule has 0 aliphatic rings. The molecule has 0 unspecified atom stereocenters. The summed E-state index contributed by atoms with van der Waals surface area (Å²) < 4.78 is 45.2. The average Bonchev–Trinajstić information content (AvgIpc) is 3.26. The maximum Gasteiger partial charge on any atom is 0.435 e. The smallest absolute Gasteiger partial charge is 0.304 e. The minimum Gasteiger partial charge on any atom is -0.304 e. The van der Waals surface area contributed by atoms with Gasteiger partial charge in [-0.25, -0.2) is 9.67 Å². The number of fused-ring (bicyclic) bond motifs is 1. The molecule has 1 aromatic carbocycles. The molecule has 12 heteroatoms. The number of rotatable bonds is 3. The van der Waals surface area contributed by atoms with Crippen LogP contribution in [0.25, 0.3) is 15.9 Å². The molecule has 6 nitrogen and oxygen atoms in total. The molecule has 4 rings (SSSR count). The molecule has 148 valence electrons. The van der Waals surface area contributed by atoms with Crippen molar-refractivity contribution in [2.45, 2.75) is 6.18 Å². The number of carbonyl (C=O) groups excluding carboxylic acids is 1. The van der Waals surface area contributed by atoms with E-state index >= 15 is 0 Å². The van der Waals surface area contributed by atoms with Crippen LogP contribution < -0.4 is 5.32 Å². The molecule has 1 amide bonds. The molecule has 3 heterocycles. The number of pyridine rings is 1. The van der Waals surface area contributed by atoms with Crippen LogP contribution >= 0.6 is 34.7 Å². The Balaban J connectivity index is 1.77. The molecule has 0 saturated carbocycles. The molecule has 0 saturated heterocycles. The van der Waals surface area contributed by atoms with Crippen molar-refractivity contribution < 1.29 is 18.0 Å². The van der Waals surface area contributed by atoms with E-state index in [1.54, 1.807) is 18.2 Å². The van der Waals surface area contributed by atoms with Gasteiger partial charge in [-0.3, -0.25) is 4.79 Å². The van der Waals surface area contributed by atoms with Gasteiger partial charge in [0.1, 0.15) is 5.69 Å². The molecule has 0 aliphatic carbocycles. The van der Waals surface area contributed by atoms with Crippen LogP contribution in [-0.2, 0) is 6.18 Å². The fourth-order valence-corrected chi connectivity index (χ4v) is 3.76. The maximum atomic E-state index is 13.2. The SMILES string of the molecule is O=C(Nc1nsc2cc(Cl)ccc12)c1cc(C(F)(F)F)nn1-c1ncccc1Cl. The number of nitrogens with zero attached hydrogens (tertiary/aromatic N) is 4. The normalized spacial score (nSPS) is 11.8. The number of carbonyl (C=O) groups is 1. The van der Waals surface area contributed by atoms with Crippen molar-refractivity contribution in [3.05, 3.63) is 64.0 Å². The van der Waals surface area contributed by atoms with E-state index in [1.807, 2.05) is 0 Å². The van der Waals surface area contributed by atoms with Crippen LogP contribution in [0.3, 0.4) is 0 Å². The lowest BCUT2D eigenvalue weighted by Gasteiger charge is -2.08. The number of aromatic nitrogens is 4. The quantitative estimate of drug-likeness (QED) is 0.443. The molecule has 0 fully saturated rings. The van der Waals surface area contributed by atoms with Gasteiger partial charge in [-0.05, 0) is 41.9 Å². The fourth-order valence-electron chi connectivity index (χ4n) is 2.55. The van der Waals surface area contributed by atoms with Crippen molar-refractivity contribution in [3.8, 4) is 5.82 Å². The van der Waals surface area contributed by atoms with Gasteiger partial charge in [-0.1, -0.05) is 23.2 Å². The first kappa shape index (κ1) is 19.6. The molecule has 0 bridgehead atoms. The van der Waals surface area contributed by atoms with Crippen LogP contribution in [0, 0.1) is 0 Å². The third-order valence-corrected chi connectivity index (χ3v) is 5.18. The Morgan fingerprint density at radius 2 is 1.97 bits per heavy atom. The van der Waals surface area contributed by atoms with Gasteiger partial charge in [0.25, 0.3) is 5.91 Å². The minimum absolute atomic E-state index is 0.0344. The molecular weight excluding hydrogens is 450 g/mol. The zero-order valence-corrected chi connectivity index (χ0v) is 16.4. The lowest BCUT2D eigenvalue weighted by Crippen LogP contribution is -2.18. The molecule has 3 aromatic heterocycles. The van der Waals surface area contributed by atoms with Gasteiger partial charge in [0.15, 0.2) is 17.3 Å². The first-order valence-corrected chi connectivity index (χ1v) is 9.41. The molecule has 0 atom stereocenters. The summed E-state index contributed by atoms with van der Waals surface area (Å²) in [5.74, 6) is -0.762. The second-order valence-corrected chi connectivity index (χ2v) is 7.41.